The summed E-state index contributed by atoms with van der Waals surface area (Å²) in [7, 11) is 0. The van der Waals surface area contributed by atoms with E-state index in [-0.39, 0.29) is 17.7 Å². The van der Waals surface area contributed by atoms with Crippen LogP contribution in [0.15, 0.2) is 51.9 Å². The van der Waals surface area contributed by atoms with E-state index in [1.165, 1.54) is 36.6 Å². The van der Waals surface area contributed by atoms with Gasteiger partial charge in [0.15, 0.2) is 5.78 Å². The molecule has 0 radical (unpaired) electrons. The molecule has 6 nitrogen and oxygen atoms in total. The number of nitro benzene ring substituents is 1. The zero-order valence-corrected chi connectivity index (χ0v) is 9.74. The predicted octanol–water partition coefficient (Wildman–Crippen LogP) is 1.97. The Balaban J connectivity index is 2.25. The number of benzene rings is 1. The van der Waals surface area contributed by atoms with Gasteiger partial charge in [-0.05, 0) is 17.7 Å². The Morgan fingerprint density at radius 2 is 2.05 bits per heavy atom. The third-order valence-electron chi connectivity index (χ3n) is 2.52. The summed E-state index contributed by atoms with van der Waals surface area (Å²) in [4.78, 5) is 33.3. The Bertz CT molecular complexity index is 689. The number of carbonyl (C=O) groups is 1. The molecule has 1 aromatic carbocycles. The van der Waals surface area contributed by atoms with Gasteiger partial charge in [-0.2, -0.15) is 0 Å². The van der Waals surface area contributed by atoms with Gasteiger partial charge in [-0.25, -0.2) is 4.79 Å². The molecule has 2 rings (SSSR count). The van der Waals surface area contributed by atoms with Crippen molar-refractivity contribution < 1.29 is 14.1 Å². The second kappa shape index (κ2) is 5.26. The van der Waals surface area contributed by atoms with Gasteiger partial charge in [-0.3, -0.25) is 14.9 Å². The Kier molecular flexibility index (Phi) is 3.51. The van der Waals surface area contributed by atoms with Crippen LogP contribution in [0.1, 0.15) is 15.9 Å². The van der Waals surface area contributed by atoms with Gasteiger partial charge in [0.2, 0.25) is 0 Å². The second-order valence-corrected chi connectivity index (χ2v) is 3.84. The highest BCUT2D eigenvalue weighted by Crippen LogP contribution is 2.14. The zero-order valence-electron chi connectivity index (χ0n) is 9.74. The largest absolute Gasteiger partial charge is 0.431 e. The molecule has 1 heterocycles. The molecule has 0 saturated heterocycles. The van der Waals surface area contributed by atoms with Crippen LogP contribution in [0.2, 0.25) is 0 Å². The number of ketones is 1. The maximum Gasteiger partial charge on any atom is 0.346 e. The summed E-state index contributed by atoms with van der Waals surface area (Å²) in [6.45, 7) is 0. The molecule has 0 unspecified atom stereocenters. The lowest BCUT2D eigenvalue weighted by molar-refractivity contribution is -0.384. The molecule has 0 aliphatic carbocycles. The molecule has 0 amide bonds. The van der Waals surface area contributed by atoms with Crippen molar-refractivity contribution in [3.05, 3.63) is 74.3 Å². The first-order chi connectivity index (χ1) is 9.08. The third kappa shape index (κ3) is 2.92. The standard InChI is InChI=1S/C13H9NO5/c15-12(11-5-2-6-19-13(11)16)8-9-3-1-4-10(7-9)14(17)18/h1-7H,8H2. The van der Waals surface area contributed by atoms with Crippen LogP contribution in [0, 0.1) is 10.1 Å². The number of hydrogen-bond acceptors (Lipinski definition) is 5. The van der Waals surface area contributed by atoms with E-state index < -0.39 is 16.3 Å². The highest BCUT2D eigenvalue weighted by atomic mass is 16.6. The van der Waals surface area contributed by atoms with Crippen molar-refractivity contribution in [2.24, 2.45) is 0 Å². The molecule has 0 saturated carbocycles. The quantitative estimate of drug-likeness (QED) is 0.475. The number of non-ortho nitro benzene ring substituents is 1. The molecular formula is C13H9NO5. The van der Waals surface area contributed by atoms with Gasteiger partial charge < -0.3 is 4.42 Å². The molecule has 96 valence electrons. The first kappa shape index (κ1) is 12.7. The Labute approximate surface area is 107 Å². The van der Waals surface area contributed by atoms with Crippen molar-refractivity contribution in [1.82, 2.24) is 0 Å². The molecule has 0 N–H and O–H groups in total. The number of rotatable bonds is 4. The summed E-state index contributed by atoms with van der Waals surface area (Å²) in [6, 6.07) is 8.55. The van der Waals surface area contributed by atoms with Crippen molar-refractivity contribution in [2.75, 3.05) is 0 Å². The van der Waals surface area contributed by atoms with Gasteiger partial charge in [0, 0.05) is 18.6 Å². The van der Waals surface area contributed by atoms with E-state index in [0.717, 1.165) is 0 Å². The average molecular weight is 259 g/mol. The van der Waals surface area contributed by atoms with Crippen molar-refractivity contribution in [3.8, 4) is 0 Å². The number of Topliss-reactive ketones (excluding diaryl/α,β-unsaturated/α-hetero) is 1. The van der Waals surface area contributed by atoms with E-state index in [1.54, 1.807) is 6.07 Å². The first-order valence-electron chi connectivity index (χ1n) is 5.42. The van der Waals surface area contributed by atoms with Crippen LogP contribution in [0.4, 0.5) is 5.69 Å². The fourth-order valence-corrected chi connectivity index (χ4v) is 1.64. The maximum absolute atomic E-state index is 11.9. The van der Waals surface area contributed by atoms with E-state index in [2.05, 4.69) is 4.42 Å². The highest BCUT2D eigenvalue weighted by Gasteiger charge is 2.13. The summed E-state index contributed by atoms with van der Waals surface area (Å²) >= 11 is 0. The van der Waals surface area contributed by atoms with Gasteiger partial charge in [0.05, 0.1) is 11.2 Å². The van der Waals surface area contributed by atoms with Crippen LogP contribution in [0.5, 0.6) is 0 Å². The van der Waals surface area contributed by atoms with Crippen molar-refractivity contribution >= 4 is 11.5 Å². The van der Waals surface area contributed by atoms with Crippen molar-refractivity contribution in [3.63, 3.8) is 0 Å². The van der Waals surface area contributed by atoms with E-state index in [4.69, 9.17) is 0 Å². The summed E-state index contributed by atoms with van der Waals surface area (Å²) in [5, 5.41) is 10.6. The summed E-state index contributed by atoms with van der Waals surface area (Å²) < 4.78 is 4.59. The van der Waals surface area contributed by atoms with Gasteiger partial charge >= 0.3 is 5.63 Å². The van der Waals surface area contributed by atoms with Crippen LogP contribution in [0.3, 0.4) is 0 Å². The van der Waals surface area contributed by atoms with Crippen LogP contribution in [-0.2, 0) is 6.42 Å². The zero-order chi connectivity index (χ0) is 13.8. The lowest BCUT2D eigenvalue weighted by atomic mass is 10.0. The molecule has 0 aliphatic rings. The van der Waals surface area contributed by atoms with E-state index in [9.17, 15) is 19.7 Å². The lowest BCUT2D eigenvalue weighted by Gasteiger charge is -2.00. The van der Waals surface area contributed by atoms with Crippen LogP contribution in [-0.4, -0.2) is 10.7 Å². The summed E-state index contributed by atoms with van der Waals surface area (Å²) in [5.74, 6) is -0.435. The van der Waals surface area contributed by atoms with Gasteiger partial charge in [-0.1, -0.05) is 12.1 Å². The number of nitro groups is 1. The van der Waals surface area contributed by atoms with Gasteiger partial charge in [-0.15, -0.1) is 0 Å². The van der Waals surface area contributed by atoms with Crippen LogP contribution >= 0.6 is 0 Å². The molecule has 0 aliphatic heterocycles. The van der Waals surface area contributed by atoms with E-state index in [0.29, 0.717) is 5.56 Å². The molecule has 0 atom stereocenters. The average Bonchev–Trinajstić information content (AvgIpc) is 2.39. The topological polar surface area (TPSA) is 90.4 Å². The molecule has 19 heavy (non-hydrogen) atoms. The summed E-state index contributed by atoms with van der Waals surface area (Å²) in [5.41, 5.74) is -0.389. The number of carbonyl (C=O) groups excluding carboxylic acids is 1. The van der Waals surface area contributed by atoms with E-state index >= 15 is 0 Å². The molecular weight excluding hydrogens is 250 g/mol. The molecule has 1 aromatic heterocycles. The second-order valence-electron chi connectivity index (χ2n) is 3.84. The smallest absolute Gasteiger partial charge is 0.346 e. The Morgan fingerprint density at radius 3 is 2.74 bits per heavy atom. The lowest BCUT2D eigenvalue weighted by Crippen LogP contribution is -2.15. The Morgan fingerprint density at radius 1 is 1.26 bits per heavy atom. The third-order valence-corrected chi connectivity index (χ3v) is 2.52. The van der Waals surface area contributed by atoms with E-state index in [1.807, 2.05) is 0 Å². The van der Waals surface area contributed by atoms with Crippen molar-refractivity contribution in [2.45, 2.75) is 6.42 Å². The predicted molar refractivity (Wildman–Crippen MR) is 66.1 cm³/mol. The molecule has 0 spiro atoms. The van der Waals surface area contributed by atoms with Crippen LogP contribution in [0.25, 0.3) is 0 Å². The minimum atomic E-state index is -0.710. The maximum atomic E-state index is 11.9. The van der Waals surface area contributed by atoms with Gasteiger partial charge in [0.1, 0.15) is 5.56 Å². The fourth-order valence-electron chi connectivity index (χ4n) is 1.64. The van der Waals surface area contributed by atoms with Crippen molar-refractivity contribution in [1.29, 1.82) is 0 Å². The SMILES string of the molecule is O=C(Cc1cccc([N+](=O)[O-])c1)c1cccoc1=O. The number of hydrogen-bond donors (Lipinski definition) is 0. The first-order valence-corrected chi connectivity index (χ1v) is 5.42. The molecule has 2 aromatic rings. The normalized spacial score (nSPS) is 10.1. The fraction of sp³-hybridized carbons (Fsp3) is 0.0769. The van der Waals surface area contributed by atoms with Crippen LogP contribution < -0.4 is 5.63 Å². The minimum absolute atomic E-state index is 0.0611. The minimum Gasteiger partial charge on any atom is -0.431 e. The highest BCUT2D eigenvalue weighted by molar-refractivity contribution is 5.97. The molecule has 0 bridgehead atoms. The van der Waals surface area contributed by atoms with Gasteiger partial charge in [0.25, 0.3) is 5.69 Å². The molecule has 0 fully saturated rings. The Hall–Kier alpha value is -2.76. The summed E-state index contributed by atoms with van der Waals surface area (Å²) in [6.07, 6.45) is 1.10. The monoisotopic (exact) mass is 259 g/mol. The number of nitrogens with zero attached hydrogens (tertiary/aromatic N) is 1. The molecule has 6 heteroatoms.